The lowest BCUT2D eigenvalue weighted by Gasteiger charge is -2.28. The summed E-state index contributed by atoms with van der Waals surface area (Å²) in [6.07, 6.45) is -3.38. The van der Waals surface area contributed by atoms with E-state index in [9.17, 15) is 19.6 Å². The van der Waals surface area contributed by atoms with Gasteiger partial charge in [0.05, 0.1) is 12.3 Å². The molecule has 186 valence electrons. The van der Waals surface area contributed by atoms with Gasteiger partial charge in [0, 0.05) is 12.8 Å². The number of hydrogen-bond donors (Lipinski definition) is 1. The lowest BCUT2D eigenvalue weighted by atomic mass is 9.92. The predicted molar refractivity (Wildman–Crippen MR) is 115 cm³/mol. The molecule has 0 aromatic carbocycles. The fourth-order valence-corrected chi connectivity index (χ4v) is 4.02. The van der Waals surface area contributed by atoms with E-state index in [1.165, 1.54) is 16.9 Å². The first-order chi connectivity index (χ1) is 16.7. The highest BCUT2D eigenvalue weighted by Crippen LogP contribution is 2.44. The summed E-state index contributed by atoms with van der Waals surface area (Å²) in [5, 5.41) is 14.5. The monoisotopic (exact) mass is 487 g/mol. The Kier molecular flexibility index (Phi) is 6.74. The van der Waals surface area contributed by atoms with E-state index in [4.69, 9.17) is 29.4 Å². The average Bonchev–Trinajstić information content (AvgIpc) is 3.39. The maximum atomic E-state index is 12.5. The minimum absolute atomic E-state index is 0.0281. The van der Waals surface area contributed by atoms with Crippen molar-refractivity contribution in [2.24, 2.45) is 5.92 Å². The van der Waals surface area contributed by atoms with E-state index in [0.717, 1.165) is 0 Å². The van der Waals surface area contributed by atoms with Crippen LogP contribution in [0.5, 0.6) is 0 Å². The fraction of sp³-hybridized carbons (Fsp3) is 0.545. The Bertz CT molecular complexity index is 1170. The van der Waals surface area contributed by atoms with Gasteiger partial charge < -0.3 is 29.4 Å². The van der Waals surface area contributed by atoms with E-state index < -0.39 is 48.6 Å². The molecule has 4 rings (SSSR count). The van der Waals surface area contributed by atoms with Crippen LogP contribution in [0.2, 0.25) is 0 Å². The quantitative estimate of drug-likeness (QED) is 0.472. The molecule has 2 aromatic rings. The highest BCUT2D eigenvalue weighted by molar-refractivity contribution is 5.74. The maximum Gasteiger partial charge on any atom is 0.508 e. The van der Waals surface area contributed by atoms with Crippen molar-refractivity contribution in [1.82, 2.24) is 14.6 Å². The second-order valence-corrected chi connectivity index (χ2v) is 8.65. The van der Waals surface area contributed by atoms with Crippen LogP contribution in [0.3, 0.4) is 0 Å². The van der Waals surface area contributed by atoms with Gasteiger partial charge >= 0.3 is 18.1 Å². The lowest BCUT2D eigenvalue weighted by molar-refractivity contribution is -0.166. The predicted octanol–water partition coefficient (Wildman–Crippen LogP) is 1.25. The van der Waals surface area contributed by atoms with E-state index in [0.29, 0.717) is 5.52 Å². The van der Waals surface area contributed by atoms with Crippen molar-refractivity contribution in [2.45, 2.75) is 57.0 Å². The third kappa shape index (κ3) is 4.69. The van der Waals surface area contributed by atoms with E-state index in [1.54, 1.807) is 6.07 Å². The van der Waals surface area contributed by atoms with Gasteiger partial charge in [-0.25, -0.2) is 14.3 Å². The van der Waals surface area contributed by atoms with Crippen molar-refractivity contribution in [3.8, 4) is 6.07 Å². The number of nitrogen functional groups attached to an aromatic ring is 1. The van der Waals surface area contributed by atoms with Crippen molar-refractivity contribution >= 4 is 29.4 Å². The van der Waals surface area contributed by atoms with Crippen LogP contribution in [-0.2, 0) is 38.9 Å². The van der Waals surface area contributed by atoms with Crippen molar-refractivity contribution in [1.29, 1.82) is 5.26 Å². The van der Waals surface area contributed by atoms with Crippen LogP contribution in [0.25, 0.3) is 5.52 Å². The molecule has 0 amide bonds. The first-order valence-corrected chi connectivity index (χ1v) is 11.1. The number of aromatic nitrogens is 3. The minimum atomic E-state index is -1.96. The van der Waals surface area contributed by atoms with Crippen LogP contribution < -0.4 is 5.73 Å². The second kappa shape index (κ2) is 9.75. The summed E-state index contributed by atoms with van der Waals surface area (Å²) in [5.74, 6) is -0.990. The molecule has 0 unspecified atom stereocenters. The van der Waals surface area contributed by atoms with Crippen LogP contribution in [0, 0.1) is 17.2 Å². The number of carbonyl (C=O) groups excluding carboxylic acids is 3. The van der Waals surface area contributed by atoms with Crippen LogP contribution in [0.15, 0.2) is 18.5 Å². The molecule has 4 atom stereocenters. The van der Waals surface area contributed by atoms with E-state index in [2.05, 4.69) is 16.2 Å². The van der Waals surface area contributed by atoms with Gasteiger partial charge in [0.25, 0.3) is 0 Å². The number of ether oxygens (including phenoxy) is 5. The van der Waals surface area contributed by atoms with Crippen molar-refractivity contribution in [3.05, 3.63) is 24.2 Å². The molecule has 0 saturated carbocycles. The summed E-state index contributed by atoms with van der Waals surface area (Å²) in [6, 6.07) is 5.18. The standard InChI is InChI=1S/C22H25N5O8/c1-12(2)8-31-21(30)32-9-14-18-19(34-17(29)5-3-4-16(28)33-18)22(10-23,35-14)15-7-6-13-20(24)25-11-26-27(13)15/h6-7,11-12,14,18-19H,3-5,8-9H2,1-2H3,(H2,24,25,26)/t14-,18-,19-,22+/m1/s1. The Morgan fingerprint density at radius 2 is 2.03 bits per heavy atom. The van der Waals surface area contributed by atoms with E-state index in [1.807, 2.05) is 13.8 Å². The number of carbonyl (C=O) groups is 3. The van der Waals surface area contributed by atoms with E-state index in [-0.39, 0.29) is 43.3 Å². The smallest absolute Gasteiger partial charge is 0.455 e. The molecule has 2 aromatic heterocycles. The Labute approximate surface area is 200 Å². The van der Waals surface area contributed by atoms with Crippen LogP contribution in [-0.4, -0.2) is 64.2 Å². The number of nitrogens with two attached hydrogens (primary N) is 1. The average molecular weight is 487 g/mol. The summed E-state index contributed by atoms with van der Waals surface area (Å²) in [4.78, 5) is 40.9. The van der Waals surface area contributed by atoms with Gasteiger partial charge in [-0.1, -0.05) is 13.8 Å². The van der Waals surface area contributed by atoms with Gasteiger partial charge in [0.2, 0.25) is 5.60 Å². The summed E-state index contributed by atoms with van der Waals surface area (Å²) in [6.45, 7) is 3.45. The number of nitrogens with zero attached hydrogens (tertiary/aromatic N) is 4. The number of hydrogen-bond acceptors (Lipinski definition) is 12. The normalized spacial score (nSPS) is 26.6. The fourth-order valence-electron chi connectivity index (χ4n) is 4.02. The molecule has 13 nitrogen and oxygen atoms in total. The van der Waals surface area contributed by atoms with Crippen molar-refractivity contribution in [3.63, 3.8) is 0 Å². The molecule has 2 aliphatic rings. The molecule has 0 radical (unpaired) electrons. The Balaban J connectivity index is 1.73. The topological polar surface area (TPSA) is 177 Å². The number of anilines is 1. The number of nitriles is 1. The SMILES string of the molecule is CC(C)COC(=O)OC[C@H]1O[C@@](C#N)(c2ccc3c(N)ncnn23)[C@@H]2OC(=O)CCCC(=O)O[C@@H]21. The van der Waals surface area contributed by atoms with Gasteiger partial charge in [0.1, 0.15) is 30.6 Å². The van der Waals surface area contributed by atoms with Crippen LogP contribution in [0.4, 0.5) is 10.6 Å². The third-order valence-corrected chi connectivity index (χ3v) is 5.62. The highest BCUT2D eigenvalue weighted by atomic mass is 16.7. The molecule has 2 aliphatic heterocycles. The van der Waals surface area contributed by atoms with Gasteiger partial charge in [-0.2, -0.15) is 10.4 Å². The second-order valence-electron chi connectivity index (χ2n) is 8.65. The first-order valence-electron chi connectivity index (χ1n) is 11.1. The van der Waals surface area contributed by atoms with Crippen LogP contribution >= 0.6 is 0 Å². The van der Waals surface area contributed by atoms with Gasteiger partial charge in [-0.05, 0) is 24.5 Å². The third-order valence-electron chi connectivity index (χ3n) is 5.62. The molecule has 2 saturated heterocycles. The zero-order valence-electron chi connectivity index (χ0n) is 19.2. The molecule has 2 fully saturated rings. The molecule has 4 heterocycles. The Hall–Kier alpha value is -3.92. The zero-order chi connectivity index (χ0) is 25.2. The molecule has 0 aliphatic carbocycles. The Morgan fingerprint density at radius 1 is 1.29 bits per heavy atom. The molecule has 2 N–H and O–H groups in total. The van der Waals surface area contributed by atoms with Crippen molar-refractivity contribution in [2.75, 3.05) is 18.9 Å². The molecule has 0 spiro atoms. The molecule has 0 bridgehead atoms. The maximum absolute atomic E-state index is 12.5. The Morgan fingerprint density at radius 3 is 2.74 bits per heavy atom. The molecule has 13 heteroatoms. The first kappa shape index (κ1) is 24.2. The number of fused-ring (bicyclic) bond motifs is 2. The minimum Gasteiger partial charge on any atom is -0.455 e. The van der Waals surface area contributed by atoms with Crippen molar-refractivity contribution < 1.29 is 38.1 Å². The van der Waals surface area contributed by atoms with E-state index >= 15 is 0 Å². The van der Waals surface area contributed by atoms with Gasteiger partial charge in [0.15, 0.2) is 18.0 Å². The molecular weight excluding hydrogens is 462 g/mol. The summed E-state index contributed by atoms with van der Waals surface area (Å²) in [7, 11) is 0. The molecular formula is C22H25N5O8. The highest BCUT2D eigenvalue weighted by Gasteiger charge is 2.63. The molecule has 35 heavy (non-hydrogen) atoms. The largest absolute Gasteiger partial charge is 0.508 e. The summed E-state index contributed by atoms with van der Waals surface area (Å²) in [5.41, 5.74) is 4.53. The van der Waals surface area contributed by atoms with Gasteiger partial charge in [-0.3, -0.25) is 9.59 Å². The van der Waals surface area contributed by atoms with Gasteiger partial charge in [-0.15, -0.1) is 0 Å². The lowest BCUT2D eigenvalue weighted by Crippen LogP contribution is -2.45. The zero-order valence-corrected chi connectivity index (χ0v) is 19.2. The number of esters is 2. The summed E-state index contributed by atoms with van der Waals surface area (Å²) < 4.78 is 28.8. The number of rotatable bonds is 5. The summed E-state index contributed by atoms with van der Waals surface area (Å²) >= 11 is 0. The van der Waals surface area contributed by atoms with Crippen LogP contribution in [0.1, 0.15) is 38.8 Å².